The molecule has 0 unspecified atom stereocenters. The van der Waals surface area contributed by atoms with Gasteiger partial charge in [0.25, 0.3) is 0 Å². The van der Waals surface area contributed by atoms with Gasteiger partial charge >= 0.3 is 6.03 Å². The van der Waals surface area contributed by atoms with E-state index in [1.54, 1.807) is 31.4 Å². The number of ether oxygens (including phenoxy) is 2. The summed E-state index contributed by atoms with van der Waals surface area (Å²) >= 11 is 1.26. The van der Waals surface area contributed by atoms with E-state index in [0.717, 1.165) is 5.75 Å². The lowest BCUT2D eigenvalue weighted by atomic mass is 10.3. The minimum absolute atomic E-state index is 0.271. The number of carbonyl (C=O) groups excluding carboxylic acids is 1. The van der Waals surface area contributed by atoms with E-state index in [4.69, 9.17) is 9.47 Å². The Hall–Kier alpha value is -3.13. The fourth-order valence-corrected chi connectivity index (χ4v) is 2.88. The van der Waals surface area contributed by atoms with Crippen molar-refractivity contribution in [1.29, 1.82) is 0 Å². The maximum absolute atomic E-state index is 12.1. The number of para-hydroxylation sites is 1. The Morgan fingerprint density at radius 3 is 2.58 bits per heavy atom. The summed E-state index contributed by atoms with van der Waals surface area (Å²) < 4.78 is 10.9. The second-order valence-corrected chi connectivity index (χ2v) is 6.34. The molecule has 2 N–H and O–H groups in total. The molecule has 0 aliphatic heterocycles. The van der Waals surface area contributed by atoms with Crippen LogP contribution < -0.4 is 20.1 Å². The quantitative estimate of drug-likeness (QED) is 0.674. The lowest BCUT2D eigenvalue weighted by molar-refractivity contribution is 0.225. The highest BCUT2D eigenvalue weighted by Gasteiger charge is 2.15. The predicted molar refractivity (Wildman–Crippen MR) is 101 cm³/mol. The first-order valence-electron chi connectivity index (χ1n) is 7.91. The van der Waals surface area contributed by atoms with Gasteiger partial charge in [0.05, 0.1) is 7.11 Å². The van der Waals surface area contributed by atoms with Gasteiger partial charge in [0.2, 0.25) is 5.13 Å². The molecule has 1 aromatic heterocycles. The van der Waals surface area contributed by atoms with Crippen LogP contribution in [0.2, 0.25) is 0 Å². The van der Waals surface area contributed by atoms with Crippen molar-refractivity contribution in [2.45, 2.75) is 13.0 Å². The van der Waals surface area contributed by atoms with Crippen LogP contribution in [0, 0.1) is 0 Å². The van der Waals surface area contributed by atoms with Gasteiger partial charge in [-0.05, 0) is 31.2 Å². The van der Waals surface area contributed by atoms with E-state index in [1.807, 2.05) is 37.3 Å². The van der Waals surface area contributed by atoms with E-state index >= 15 is 0 Å². The third kappa shape index (κ3) is 4.70. The molecule has 2 aromatic carbocycles. The van der Waals surface area contributed by atoms with Crippen LogP contribution in [0.1, 0.15) is 18.0 Å². The summed E-state index contributed by atoms with van der Waals surface area (Å²) in [6.07, 6.45) is -0.271. The first-order valence-corrected chi connectivity index (χ1v) is 8.73. The largest absolute Gasteiger partial charge is 0.497 e. The van der Waals surface area contributed by atoms with Gasteiger partial charge in [-0.3, -0.25) is 5.32 Å². The van der Waals surface area contributed by atoms with Crippen molar-refractivity contribution >= 4 is 28.2 Å². The molecular weight excluding hydrogens is 352 g/mol. The van der Waals surface area contributed by atoms with Crippen LogP contribution in [0.15, 0.2) is 54.6 Å². The zero-order chi connectivity index (χ0) is 18.4. The van der Waals surface area contributed by atoms with Gasteiger partial charge in [0.15, 0.2) is 5.01 Å². The van der Waals surface area contributed by atoms with Crippen molar-refractivity contribution in [3.8, 4) is 11.5 Å². The van der Waals surface area contributed by atoms with E-state index < -0.39 is 6.03 Å². The topological polar surface area (TPSA) is 85.4 Å². The highest BCUT2D eigenvalue weighted by Crippen LogP contribution is 2.26. The summed E-state index contributed by atoms with van der Waals surface area (Å²) in [5.41, 5.74) is 0.618. The number of carbonyl (C=O) groups is 1. The molecule has 0 fully saturated rings. The van der Waals surface area contributed by atoms with Crippen LogP contribution in [0.4, 0.5) is 15.6 Å². The van der Waals surface area contributed by atoms with Crippen LogP contribution in [-0.4, -0.2) is 23.3 Å². The minimum atomic E-state index is -0.405. The smallest absolute Gasteiger partial charge is 0.325 e. The standard InChI is InChI=1S/C18H18N4O3S/c1-12(25-14-8-4-3-5-9-14)16-21-22-18(26-16)20-17(23)19-13-7-6-10-15(11-13)24-2/h3-12H,1-2H3,(H2,19,20,22,23)/t12-/m0/s1. The van der Waals surface area contributed by atoms with Crippen LogP contribution in [0.25, 0.3) is 0 Å². The number of hydrogen-bond acceptors (Lipinski definition) is 6. The monoisotopic (exact) mass is 370 g/mol. The summed E-state index contributed by atoms with van der Waals surface area (Å²) in [5.74, 6) is 1.41. The zero-order valence-corrected chi connectivity index (χ0v) is 15.1. The second kappa shape index (κ2) is 8.30. The average Bonchev–Trinajstić information content (AvgIpc) is 3.11. The SMILES string of the molecule is COc1cccc(NC(=O)Nc2nnc([C@H](C)Oc3ccccc3)s2)c1. The molecule has 0 bridgehead atoms. The van der Waals surface area contributed by atoms with Crippen molar-refractivity contribution in [2.24, 2.45) is 0 Å². The Morgan fingerprint density at radius 1 is 1.04 bits per heavy atom. The van der Waals surface area contributed by atoms with Crippen molar-refractivity contribution in [1.82, 2.24) is 10.2 Å². The van der Waals surface area contributed by atoms with Gasteiger partial charge in [-0.15, -0.1) is 10.2 Å². The molecule has 0 saturated heterocycles. The minimum Gasteiger partial charge on any atom is -0.497 e. The fourth-order valence-electron chi connectivity index (χ4n) is 2.16. The number of urea groups is 1. The molecular formula is C18H18N4O3S. The fraction of sp³-hybridized carbons (Fsp3) is 0.167. The molecule has 3 rings (SSSR count). The first-order chi connectivity index (χ1) is 12.6. The van der Waals surface area contributed by atoms with Crippen molar-refractivity contribution in [3.05, 3.63) is 59.6 Å². The van der Waals surface area contributed by atoms with Crippen molar-refractivity contribution in [3.63, 3.8) is 0 Å². The van der Waals surface area contributed by atoms with Crippen molar-refractivity contribution in [2.75, 3.05) is 17.7 Å². The van der Waals surface area contributed by atoms with Gasteiger partial charge in [0, 0.05) is 11.8 Å². The normalized spacial score (nSPS) is 11.5. The number of anilines is 2. The summed E-state index contributed by atoms with van der Waals surface area (Å²) in [5, 5.41) is 14.5. The Morgan fingerprint density at radius 2 is 1.81 bits per heavy atom. The molecule has 0 spiro atoms. The molecule has 3 aromatic rings. The molecule has 134 valence electrons. The molecule has 0 saturated carbocycles. The van der Waals surface area contributed by atoms with E-state index in [2.05, 4.69) is 20.8 Å². The third-order valence-corrected chi connectivity index (χ3v) is 4.39. The molecule has 1 atom stereocenters. The van der Waals surface area contributed by atoms with Crippen LogP contribution in [0.5, 0.6) is 11.5 Å². The summed E-state index contributed by atoms with van der Waals surface area (Å²) in [6, 6.07) is 16.1. The van der Waals surface area contributed by atoms with E-state index in [-0.39, 0.29) is 6.10 Å². The van der Waals surface area contributed by atoms with Gasteiger partial charge in [-0.25, -0.2) is 4.79 Å². The number of nitrogens with zero attached hydrogens (tertiary/aromatic N) is 2. The van der Waals surface area contributed by atoms with Gasteiger partial charge < -0.3 is 14.8 Å². The average molecular weight is 370 g/mol. The maximum atomic E-state index is 12.1. The molecule has 7 nitrogen and oxygen atoms in total. The molecule has 8 heteroatoms. The number of amides is 2. The number of rotatable bonds is 6. The Bertz CT molecular complexity index is 870. The number of methoxy groups -OCH3 is 1. The first kappa shape index (κ1) is 17.7. The number of aromatic nitrogens is 2. The van der Waals surface area contributed by atoms with Crippen LogP contribution in [-0.2, 0) is 0 Å². The molecule has 26 heavy (non-hydrogen) atoms. The summed E-state index contributed by atoms with van der Waals surface area (Å²) in [6.45, 7) is 1.88. The van der Waals surface area contributed by atoms with Gasteiger partial charge in [-0.2, -0.15) is 0 Å². The van der Waals surface area contributed by atoms with E-state index in [0.29, 0.717) is 21.6 Å². The van der Waals surface area contributed by atoms with Crippen molar-refractivity contribution < 1.29 is 14.3 Å². The summed E-state index contributed by atoms with van der Waals surface area (Å²) in [4.78, 5) is 12.1. The zero-order valence-electron chi connectivity index (χ0n) is 14.3. The Balaban J connectivity index is 1.58. The third-order valence-electron chi connectivity index (χ3n) is 3.39. The number of hydrogen-bond donors (Lipinski definition) is 2. The van der Waals surface area contributed by atoms with Crippen LogP contribution >= 0.6 is 11.3 Å². The van der Waals surface area contributed by atoms with Crippen LogP contribution in [0.3, 0.4) is 0 Å². The highest BCUT2D eigenvalue weighted by molar-refractivity contribution is 7.15. The summed E-state index contributed by atoms with van der Waals surface area (Å²) in [7, 11) is 1.57. The van der Waals surface area contributed by atoms with Gasteiger partial charge in [-0.1, -0.05) is 35.6 Å². The number of benzene rings is 2. The second-order valence-electron chi connectivity index (χ2n) is 5.33. The highest BCUT2D eigenvalue weighted by atomic mass is 32.1. The molecule has 0 radical (unpaired) electrons. The molecule has 1 heterocycles. The van der Waals surface area contributed by atoms with E-state index in [9.17, 15) is 4.79 Å². The Kier molecular flexibility index (Phi) is 5.65. The van der Waals surface area contributed by atoms with E-state index in [1.165, 1.54) is 11.3 Å². The van der Waals surface area contributed by atoms with Gasteiger partial charge in [0.1, 0.15) is 17.6 Å². The lowest BCUT2D eigenvalue weighted by Gasteiger charge is -2.11. The molecule has 0 aliphatic carbocycles. The maximum Gasteiger partial charge on any atom is 0.325 e. The predicted octanol–water partition coefficient (Wildman–Crippen LogP) is 4.33. The molecule has 0 aliphatic rings. The lowest BCUT2D eigenvalue weighted by Crippen LogP contribution is -2.19. The number of nitrogens with one attached hydrogen (secondary N) is 2. The Labute approximate surface area is 155 Å². The molecule has 2 amide bonds.